The smallest absolute Gasteiger partial charge is 0.405 e. The first kappa shape index (κ1) is 31.0. The summed E-state index contributed by atoms with van der Waals surface area (Å²) >= 11 is 0. The molecule has 0 bridgehead atoms. The summed E-state index contributed by atoms with van der Waals surface area (Å²) in [4.78, 5) is 61.2. The number of hydrogen-bond donors (Lipinski definition) is 8. The van der Waals surface area contributed by atoms with Crippen LogP contribution >= 0.6 is 23.5 Å². The molecule has 2 heterocycles. The molecular formula is C13H21N4O15P3. The van der Waals surface area contributed by atoms with Gasteiger partial charge >= 0.3 is 29.2 Å². The van der Waals surface area contributed by atoms with Crippen LogP contribution < -0.4 is 17.0 Å². The molecule has 0 saturated carbocycles. The molecule has 0 radical (unpaired) electrons. The molecule has 35 heavy (non-hydrogen) atoms. The van der Waals surface area contributed by atoms with Crippen molar-refractivity contribution in [2.24, 2.45) is 5.73 Å². The van der Waals surface area contributed by atoms with Gasteiger partial charge in [0.15, 0.2) is 5.72 Å². The van der Waals surface area contributed by atoms with E-state index in [-0.39, 0.29) is 6.42 Å². The zero-order chi connectivity index (χ0) is 27.2. The maximum absolute atomic E-state index is 12.2. The lowest BCUT2D eigenvalue weighted by Gasteiger charge is -2.32. The van der Waals surface area contributed by atoms with E-state index in [1.54, 1.807) is 0 Å². The second-order valence-electron chi connectivity index (χ2n) is 6.44. The van der Waals surface area contributed by atoms with Gasteiger partial charge < -0.3 is 40.3 Å². The molecule has 19 nitrogen and oxygen atoms in total. The minimum Gasteiger partial charge on any atom is -0.405 e. The molecular weight excluding hydrogens is 545 g/mol. The highest BCUT2D eigenvalue weighted by molar-refractivity contribution is 7.66. The summed E-state index contributed by atoms with van der Waals surface area (Å²) in [6, 6.07) is 0.914. The van der Waals surface area contributed by atoms with Gasteiger partial charge in [0, 0.05) is 25.3 Å². The maximum atomic E-state index is 12.2. The number of aliphatic hydroxyl groups excluding tert-OH is 2. The minimum atomic E-state index is -5.78. The first-order valence-electron chi connectivity index (χ1n) is 8.79. The van der Waals surface area contributed by atoms with E-state index in [1.165, 1.54) is 6.08 Å². The van der Waals surface area contributed by atoms with Crippen molar-refractivity contribution in [2.45, 2.75) is 30.5 Å². The lowest BCUT2D eigenvalue weighted by molar-refractivity contribution is -0.147. The first-order valence-corrected chi connectivity index (χ1v) is 13.3. The van der Waals surface area contributed by atoms with E-state index in [2.05, 4.69) is 19.7 Å². The molecule has 22 heteroatoms. The van der Waals surface area contributed by atoms with Gasteiger partial charge in [-0.05, 0) is 6.20 Å². The molecule has 198 valence electrons. The van der Waals surface area contributed by atoms with Crippen molar-refractivity contribution in [3.8, 4) is 6.57 Å². The number of nitrogens with one attached hydrogen (secondary N) is 1. The van der Waals surface area contributed by atoms with Crippen LogP contribution in [0.2, 0.25) is 0 Å². The van der Waals surface area contributed by atoms with Crippen molar-refractivity contribution >= 4 is 23.5 Å². The van der Waals surface area contributed by atoms with E-state index >= 15 is 0 Å². The van der Waals surface area contributed by atoms with Gasteiger partial charge in [-0.1, -0.05) is 6.08 Å². The number of hydrogen-bond acceptors (Lipinski definition) is 13. The van der Waals surface area contributed by atoms with Crippen molar-refractivity contribution in [1.29, 1.82) is 5.26 Å². The molecule has 1 aliphatic rings. The van der Waals surface area contributed by atoms with E-state index in [9.17, 15) is 38.4 Å². The number of phosphoric acid groups is 3. The highest BCUT2D eigenvalue weighted by Gasteiger charge is 2.56. The molecule has 1 fully saturated rings. The van der Waals surface area contributed by atoms with Crippen LogP contribution in [0.1, 0.15) is 6.42 Å². The molecule has 0 amide bonds. The Labute approximate surface area is 195 Å². The number of nitrogens with two attached hydrogens (primary N) is 1. The molecule has 1 saturated heterocycles. The largest absolute Gasteiger partial charge is 0.490 e. The van der Waals surface area contributed by atoms with Gasteiger partial charge in [-0.15, -0.1) is 0 Å². The van der Waals surface area contributed by atoms with Crippen molar-refractivity contribution < 1.29 is 61.4 Å². The summed E-state index contributed by atoms with van der Waals surface area (Å²) in [5.41, 5.74) is 1.37. The number of rotatable bonds is 10. The second-order valence-corrected chi connectivity index (χ2v) is 10.9. The Bertz CT molecular complexity index is 1190. The minimum absolute atomic E-state index is 0.348. The van der Waals surface area contributed by atoms with Gasteiger partial charge in [-0.3, -0.25) is 18.9 Å². The Hall–Kier alpha value is -2.00. The predicted octanol–water partition coefficient (Wildman–Crippen LogP) is -2.34. The molecule has 0 aromatic carbocycles. The summed E-state index contributed by atoms with van der Waals surface area (Å²) in [6.07, 6.45) is -2.59. The summed E-state index contributed by atoms with van der Waals surface area (Å²) < 4.78 is 51.7. The standard InChI is InChI=1S/C12H20N3O15P3.CHN/c13-4-1-3-12(15-5-2-8(16)14-11(15)19)10(18)9(17)7(28-12)6-27-32(23,24)30-33(25,26)29-31(20,21)22;1-2/h1-2,4-5,7,9-10,17-18H,3,6,13H2,(H,23,24)(H,25,26)(H,14,16,19)(H2,20,21,22);1H/t7-,9-,10-,12-;/m1./s1. The van der Waals surface area contributed by atoms with Crippen LogP contribution in [0.5, 0.6) is 0 Å². The fourth-order valence-electron chi connectivity index (χ4n) is 2.89. The summed E-state index contributed by atoms with van der Waals surface area (Å²) in [5, 5.41) is 27.4. The SMILES string of the molecule is C#N.NC=CC[C@@]1(n2ccc(=O)[nH]c2=O)O[C@H](COP(=O)(O)OP(=O)(O)OP(=O)(O)O)[C@@H](O)[C@H]1O. The molecule has 1 aromatic rings. The lowest BCUT2D eigenvalue weighted by atomic mass is 9.99. The molecule has 9 N–H and O–H groups in total. The number of aromatic nitrogens is 2. The Morgan fingerprint density at radius 1 is 1.17 bits per heavy atom. The van der Waals surface area contributed by atoms with Crippen LogP contribution in [0.4, 0.5) is 0 Å². The molecule has 2 unspecified atom stereocenters. The van der Waals surface area contributed by atoms with Crippen LogP contribution in [0, 0.1) is 11.8 Å². The number of H-pyrrole nitrogens is 1. The lowest BCUT2D eigenvalue weighted by Crippen LogP contribution is -2.51. The average Bonchev–Trinajstić information content (AvgIpc) is 2.95. The van der Waals surface area contributed by atoms with Gasteiger partial charge in [0.2, 0.25) is 0 Å². The molecule has 1 aliphatic heterocycles. The van der Waals surface area contributed by atoms with Crippen LogP contribution in [0.15, 0.2) is 34.1 Å². The number of nitriles is 1. The molecule has 0 spiro atoms. The number of phosphoric ester groups is 1. The molecule has 2 rings (SSSR count). The van der Waals surface area contributed by atoms with Gasteiger partial charge in [0.25, 0.3) is 5.56 Å². The van der Waals surface area contributed by atoms with Crippen LogP contribution in [0.25, 0.3) is 0 Å². The quantitative estimate of drug-likeness (QED) is 0.137. The average molecular weight is 566 g/mol. The third-order valence-electron chi connectivity index (χ3n) is 4.12. The summed E-state index contributed by atoms with van der Waals surface area (Å²) in [7, 11) is -16.9. The van der Waals surface area contributed by atoms with Crippen LogP contribution in [-0.2, 0) is 37.3 Å². The zero-order valence-corrected chi connectivity index (χ0v) is 19.9. The van der Waals surface area contributed by atoms with Gasteiger partial charge in [0.05, 0.1) is 6.61 Å². The van der Waals surface area contributed by atoms with Crippen molar-refractivity contribution in [2.75, 3.05) is 6.61 Å². The van der Waals surface area contributed by atoms with Crippen LogP contribution in [-0.4, -0.2) is 64.3 Å². The van der Waals surface area contributed by atoms with Gasteiger partial charge in [-0.25, -0.2) is 23.8 Å². The zero-order valence-electron chi connectivity index (χ0n) is 17.2. The molecule has 1 aromatic heterocycles. The highest BCUT2D eigenvalue weighted by atomic mass is 31.3. The van der Waals surface area contributed by atoms with E-state index in [0.29, 0.717) is 0 Å². The van der Waals surface area contributed by atoms with Crippen LogP contribution in [0.3, 0.4) is 0 Å². The van der Waals surface area contributed by atoms with Crippen molar-refractivity contribution in [3.05, 3.63) is 45.4 Å². The third-order valence-corrected chi connectivity index (χ3v) is 7.92. The van der Waals surface area contributed by atoms with E-state index in [4.69, 9.17) is 30.4 Å². The summed E-state index contributed by atoms with van der Waals surface area (Å²) in [5.74, 6) is 0. The van der Waals surface area contributed by atoms with Crippen molar-refractivity contribution in [1.82, 2.24) is 9.55 Å². The molecule has 0 aliphatic carbocycles. The third kappa shape index (κ3) is 8.27. The Morgan fingerprint density at radius 3 is 2.29 bits per heavy atom. The monoisotopic (exact) mass is 566 g/mol. The maximum Gasteiger partial charge on any atom is 0.490 e. The normalized spacial score (nSPS) is 28.1. The fraction of sp³-hybridized carbons (Fsp3) is 0.462. The van der Waals surface area contributed by atoms with Crippen molar-refractivity contribution in [3.63, 3.8) is 0 Å². The Morgan fingerprint density at radius 2 is 1.77 bits per heavy atom. The number of ether oxygens (including phenoxy) is 1. The van der Waals surface area contributed by atoms with Gasteiger partial charge in [-0.2, -0.15) is 8.62 Å². The van der Waals surface area contributed by atoms with E-state index in [1.807, 2.05) is 4.98 Å². The molecule has 6 atom stereocenters. The summed E-state index contributed by atoms with van der Waals surface area (Å²) in [6.45, 7) is 2.40. The number of aromatic amines is 1. The number of nitrogens with zero attached hydrogens (tertiary/aromatic N) is 2. The second kappa shape index (κ2) is 11.8. The predicted molar refractivity (Wildman–Crippen MR) is 111 cm³/mol. The van der Waals surface area contributed by atoms with Gasteiger partial charge in [0.1, 0.15) is 18.3 Å². The highest BCUT2D eigenvalue weighted by Crippen LogP contribution is 2.66. The number of aliphatic hydroxyl groups is 2. The van der Waals surface area contributed by atoms with E-state index in [0.717, 1.165) is 23.0 Å². The van der Waals surface area contributed by atoms with E-state index < -0.39 is 65.4 Å². The Kier molecular flexibility index (Phi) is 10.5. The Balaban J connectivity index is 0.00000298. The topological polar surface area (TPSA) is 314 Å². The first-order chi connectivity index (χ1) is 16.0. The fourth-order valence-corrected chi connectivity index (χ4v) is 5.92.